The molecule has 116 valence electrons. The quantitative estimate of drug-likeness (QED) is 0.471. The molecule has 0 saturated heterocycles. The molecule has 1 rings (SSSR count). The lowest BCUT2D eigenvalue weighted by molar-refractivity contribution is -0.385. The van der Waals surface area contributed by atoms with Crippen LogP contribution in [0.4, 0.5) is 5.69 Å². The molecule has 0 aliphatic heterocycles. The molecule has 0 unspecified atom stereocenters. The van der Waals surface area contributed by atoms with E-state index in [-0.39, 0.29) is 11.2 Å². The zero-order valence-electron chi connectivity index (χ0n) is 13.2. The summed E-state index contributed by atoms with van der Waals surface area (Å²) in [4.78, 5) is 10.6. The maximum atomic E-state index is 11.1. The zero-order valence-corrected chi connectivity index (χ0v) is 13.2. The molecule has 1 aromatic rings. The first-order chi connectivity index (χ1) is 9.73. The normalized spacial score (nSPS) is 11.2. The van der Waals surface area contributed by atoms with Crippen molar-refractivity contribution in [2.75, 3.05) is 6.61 Å². The van der Waals surface area contributed by atoms with E-state index in [0.29, 0.717) is 18.9 Å². The highest BCUT2D eigenvalue weighted by Crippen LogP contribution is 2.28. The highest BCUT2D eigenvalue weighted by Gasteiger charge is 2.17. The maximum Gasteiger partial charge on any atom is 0.310 e. The molecule has 0 spiro atoms. The molecule has 21 heavy (non-hydrogen) atoms. The molecule has 0 fully saturated rings. The number of hydrogen-bond donors (Lipinski definition) is 1. The van der Waals surface area contributed by atoms with Gasteiger partial charge in [-0.3, -0.25) is 10.1 Å². The van der Waals surface area contributed by atoms with Crippen LogP contribution >= 0.6 is 0 Å². The largest absolute Gasteiger partial charge is 0.482 e. The van der Waals surface area contributed by atoms with E-state index in [1.54, 1.807) is 12.1 Å². The second-order valence-corrected chi connectivity index (χ2v) is 6.05. The first kappa shape index (κ1) is 17.2. The van der Waals surface area contributed by atoms with Crippen LogP contribution in [0.5, 0.6) is 5.75 Å². The fourth-order valence-electron chi connectivity index (χ4n) is 1.58. The lowest BCUT2D eigenvalue weighted by Gasteiger charge is -2.20. The van der Waals surface area contributed by atoms with Gasteiger partial charge in [-0.1, -0.05) is 19.6 Å². The van der Waals surface area contributed by atoms with Crippen molar-refractivity contribution in [2.45, 2.75) is 46.2 Å². The molecule has 1 N–H and O–H groups in total. The summed E-state index contributed by atoms with van der Waals surface area (Å²) in [6.07, 6.45) is 0.791. The molecule has 0 atom stereocenters. The number of rotatable bonds is 7. The van der Waals surface area contributed by atoms with Gasteiger partial charge in [0.15, 0.2) is 5.75 Å². The fraction of sp³-hybridized carbons (Fsp3) is 0.500. The third kappa shape index (κ3) is 5.95. The molecule has 0 amide bonds. The summed E-state index contributed by atoms with van der Waals surface area (Å²) >= 11 is 0. The van der Waals surface area contributed by atoms with Crippen molar-refractivity contribution in [2.24, 2.45) is 0 Å². The topological polar surface area (TPSA) is 64.4 Å². The molecular formula is C16H24N2O3. The van der Waals surface area contributed by atoms with Gasteiger partial charge in [0, 0.05) is 18.2 Å². The number of nitrogens with zero attached hydrogens (tertiary/aromatic N) is 1. The van der Waals surface area contributed by atoms with E-state index in [1.165, 1.54) is 6.07 Å². The standard InChI is InChI=1S/C16H24N2O3/c1-6-12(2)11-21-15-9-13(10-17-16(3,4)5)7-8-14(15)18(19)20/h7-9,17H,2,6,10-11H2,1,3-5H3. The van der Waals surface area contributed by atoms with E-state index < -0.39 is 4.92 Å². The van der Waals surface area contributed by atoms with Gasteiger partial charge in [-0.05, 0) is 44.4 Å². The van der Waals surface area contributed by atoms with Crippen molar-refractivity contribution in [1.82, 2.24) is 5.32 Å². The Balaban J connectivity index is 2.90. The van der Waals surface area contributed by atoms with Crippen LogP contribution < -0.4 is 10.1 Å². The first-order valence-electron chi connectivity index (χ1n) is 7.04. The second kappa shape index (κ2) is 7.22. The van der Waals surface area contributed by atoms with Crippen LogP contribution in [0.25, 0.3) is 0 Å². The van der Waals surface area contributed by atoms with Gasteiger partial charge in [0.2, 0.25) is 0 Å². The van der Waals surface area contributed by atoms with E-state index in [4.69, 9.17) is 4.74 Å². The van der Waals surface area contributed by atoms with Gasteiger partial charge in [-0.25, -0.2) is 0 Å². The summed E-state index contributed by atoms with van der Waals surface area (Å²) in [7, 11) is 0. The first-order valence-corrected chi connectivity index (χ1v) is 7.04. The Kier molecular flexibility index (Phi) is 5.90. The Labute approximate surface area is 126 Å². The zero-order chi connectivity index (χ0) is 16.0. The summed E-state index contributed by atoms with van der Waals surface area (Å²) in [5.74, 6) is 0.294. The number of benzene rings is 1. The molecule has 0 aliphatic carbocycles. The average molecular weight is 292 g/mol. The number of nitro groups is 1. The van der Waals surface area contributed by atoms with E-state index in [9.17, 15) is 10.1 Å². The van der Waals surface area contributed by atoms with Crippen LogP contribution in [0.1, 0.15) is 39.7 Å². The monoisotopic (exact) mass is 292 g/mol. The number of nitro benzene ring substituents is 1. The molecule has 0 heterocycles. The highest BCUT2D eigenvalue weighted by atomic mass is 16.6. The van der Waals surface area contributed by atoms with E-state index in [0.717, 1.165) is 17.6 Å². The number of nitrogens with one attached hydrogen (secondary N) is 1. The summed E-state index contributed by atoms with van der Waals surface area (Å²) in [6.45, 7) is 13.0. The van der Waals surface area contributed by atoms with Crippen molar-refractivity contribution in [3.05, 3.63) is 46.0 Å². The van der Waals surface area contributed by atoms with Crippen LogP contribution in [0.2, 0.25) is 0 Å². The van der Waals surface area contributed by atoms with Gasteiger partial charge >= 0.3 is 5.69 Å². The number of hydrogen-bond acceptors (Lipinski definition) is 4. The van der Waals surface area contributed by atoms with Crippen LogP contribution in [-0.4, -0.2) is 17.1 Å². The fourth-order valence-corrected chi connectivity index (χ4v) is 1.58. The third-order valence-corrected chi connectivity index (χ3v) is 2.98. The summed E-state index contributed by atoms with van der Waals surface area (Å²) < 4.78 is 5.55. The molecule has 0 bridgehead atoms. The minimum atomic E-state index is -0.426. The van der Waals surface area contributed by atoms with Crippen LogP contribution in [0.15, 0.2) is 30.4 Å². The highest BCUT2D eigenvalue weighted by molar-refractivity contribution is 5.48. The van der Waals surface area contributed by atoms with Crippen LogP contribution in [0.3, 0.4) is 0 Å². The smallest absolute Gasteiger partial charge is 0.310 e. The van der Waals surface area contributed by atoms with Gasteiger partial charge in [0.05, 0.1) is 4.92 Å². The molecule has 0 aromatic heterocycles. The van der Waals surface area contributed by atoms with Crippen molar-refractivity contribution in [3.8, 4) is 5.75 Å². The van der Waals surface area contributed by atoms with Crippen molar-refractivity contribution >= 4 is 5.69 Å². The van der Waals surface area contributed by atoms with E-state index in [2.05, 4.69) is 32.7 Å². The Morgan fingerprint density at radius 2 is 2.10 bits per heavy atom. The Hall–Kier alpha value is -1.88. The third-order valence-electron chi connectivity index (χ3n) is 2.98. The molecule has 0 saturated carbocycles. The average Bonchev–Trinajstić information content (AvgIpc) is 2.41. The van der Waals surface area contributed by atoms with Gasteiger partial charge in [-0.15, -0.1) is 0 Å². The summed E-state index contributed by atoms with van der Waals surface area (Å²) in [6, 6.07) is 4.96. The van der Waals surface area contributed by atoms with Gasteiger partial charge < -0.3 is 10.1 Å². The molecular weight excluding hydrogens is 268 g/mol. The maximum absolute atomic E-state index is 11.1. The Morgan fingerprint density at radius 1 is 1.43 bits per heavy atom. The lowest BCUT2D eigenvalue weighted by Crippen LogP contribution is -2.35. The van der Waals surface area contributed by atoms with Crippen molar-refractivity contribution in [1.29, 1.82) is 0 Å². The molecule has 5 nitrogen and oxygen atoms in total. The molecule has 5 heteroatoms. The molecule has 1 aromatic carbocycles. The molecule has 0 radical (unpaired) electrons. The predicted molar refractivity (Wildman–Crippen MR) is 84.6 cm³/mol. The Bertz CT molecular complexity index is 519. The SMILES string of the molecule is C=C(CC)COc1cc(CNC(C)(C)C)ccc1[N+](=O)[O-]. The van der Waals surface area contributed by atoms with Crippen LogP contribution in [-0.2, 0) is 6.54 Å². The minimum absolute atomic E-state index is 0.0146. The van der Waals surface area contributed by atoms with E-state index >= 15 is 0 Å². The van der Waals surface area contributed by atoms with Crippen molar-refractivity contribution < 1.29 is 9.66 Å². The minimum Gasteiger partial charge on any atom is -0.482 e. The summed E-state index contributed by atoms with van der Waals surface area (Å²) in [5.41, 5.74) is 1.83. The van der Waals surface area contributed by atoms with Gasteiger partial charge in [0.25, 0.3) is 0 Å². The second-order valence-electron chi connectivity index (χ2n) is 6.05. The van der Waals surface area contributed by atoms with Crippen LogP contribution in [0, 0.1) is 10.1 Å². The predicted octanol–water partition coefficient (Wildman–Crippen LogP) is 3.83. The number of ether oxygens (including phenoxy) is 1. The van der Waals surface area contributed by atoms with E-state index in [1.807, 2.05) is 6.92 Å². The molecule has 0 aliphatic rings. The van der Waals surface area contributed by atoms with Gasteiger partial charge in [-0.2, -0.15) is 0 Å². The van der Waals surface area contributed by atoms with Gasteiger partial charge in [0.1, 0.15) is 6.61 Å². The summed E-state index contributed by atoms with van der Waals surface area (Å²) in [5, 5.41) is 14.4. The van der Waals surface area contributed by atoms with Crippen molar-refractivity contribution in [3.63, 3.8) is 0 Å². The lowest BCUT2D eigenvalue weighted by atomic mass is 10.1. The Morgan fingerprint density at radius 3 is 2.62 bits per heavy atom.